The first-order valence-corrected chi connectivity index (χ1v) is 5.71. The van der Waals surface area contributed by atoms with Gasteiger partial charge in [-0.05, 0) is 12.8 Å². The Kier molecular flexibility index (Phi) is 2.17. The maximum absolute atomic E-state index is 11.5. The topological polar surface area (TPSA) is 69.1 Å². The molecule has 3 aliphatic heterocycles. The molecule has 0 aromatic rings. The predicted octanol–water partition coefficient (Wildman–Crippen LogP) is -0.0798. The summed E-state index contributed by atoms with van der Waals surface area (Å²) in [6.45, 7) is 1.97. The summed E-state index contributed by atoms with van der Waals surface area (Å²) in [5.41, 5.74) is -0.535. The Morgan fingerprint density at radius 2 is 2.19 bits per heavy atom. The quantitative estimate of drug-likeness (QED) is 0.650. The van der Waals surface area contributed by atoms with Crippen molar-refractivity contribution < 1.29 is 4.79 Å². The lowest BCUT2D eigenvalue weighted by Crippen LogP contribution is -2.65. The van der Waals surface area contributed by atoms with Gasteiger partial charge >= 0.3 is 6.03 Å². The highest BCUT2D eigenvalue weighted by molar-refractivity contribution is 5.91. The summed E-state index contributed by atoms with van der Waals surface area (Å²) < 4.78 is 0. The van der Waals surface area contributed by atoms with Gasteiger partial charge in [0.05, 0.1) is 6.21 Å². The highest BCUT2D eigenvalue weighted by Gasteiger charge is 2.51. The van der Waals surface area contributed by atoms with Gasteiger partial charge in [0.15, 0.2) is 11.8 Å². The van der Waals surface area contributed by atoms with Crippen molar-refractivity contribution in [3.63, 3.8) is 0 Å². The number of carbonyl (C=O) groups excluding carboxylic acids is 1. The highest BCUT2D eigenvalue weighted by atomic mass is 16.2. The van der Waals surface area contributed by atoms with Crippen molar-refractivity contribution in [3.8, 4) is 0 Å². The molecule has 2 unspecified atom stereocenters. The molecule has 0 aliphatic carbocycles. The van der Waals surface area contributed by atoms with Gasteiger partial charge in [0.25, 0.3) is 0 Å². The number of carbonyl (C=O) groups is 1. The van der Waals surface area contributed by atoms with Crippen molar-refractivity contribution >= 4 is 18.6 Å². The molecule has 0 aromatic heterocycles. The minimum absolute atomic E-state index is 0.166. The zero-order chi connectivity index (χ0) is 11.0. The van der Waals surface area contributed by atoms with Crippen LogP contribution in [-0.2, 0) is 0 Å². The number of hydrogen-bond acceptors (Lipinski definition) is 4. The molecule has 3 rings (SSSR count). The Balaban J connectivity index is 1.91. The number of hydrogen-bond donors (Lipinski definition) is 2. The molecule has 86 valence electrons. The van der Waals surface area contributed by atoms with Crippen LogP contribution in [0.3, 0.4) is 0 Å². The molecule has 2 saturated heterocycles. The minimum Gasteiger partial charge on any atom is -0.312 e. The third kappa shape index (κ3) is 1.33. The molecule has 6 heteroatoms. The van der Waals surface area contributed by atoms with Crippen molar-refractivity contribution in [2.45, 2.75) is 31.1 Å². The second-order valence-corrected chi connectivity index (χ2v) is 4.42. The summed E-state index contributed by atoms with van der Waals surface area (Å²) in [4.78, 5) is 22.1. The molecule has 0 saturated carbocycles. The van der Waals surface area contributed by atoms with Crippen LogP contribution in [0.5, 0.6) is 0 Å². The lowest BCUT2D eigenvalue weighted by Gasteiger charge is -2.42. The van der Waals surface area contributed by atoms with Gasteiger partial charge in [0.1, 0.15) is 6.34 Å². The van der Waals surface area contributed by atoms with Crippen LogP contribution in [0, 0.1) is 0 Å². The molecule has 2 N–H and O–H groups in total. The standard InChI is InChI=1S/C10H15N5O/c16-9-13-8-10(14-9,6-11-7-12-8)15-4-2-1-3-5-15/h6-8H,1-5H2,(H2,13,14,16). The predicted molar refractivity (Wildman–Crippen MR) is 60.6 cm³/mol. The first kappa shape index (κ1) is 9.77. The summed E-state index contributed by atoms with van der Waals surface area (Å²) in [5, 5.41) is 5.76. The molecular formula is C10H15N5O. The molecule has 2 amide bonds. The van der Waals surface area contributed by atoms with E-state index in [0.717, 1.165) is 13.1 Å². The van der Waals surface area contributed by atoms with Crippen molar-refractivity contribution in [3.05, 3.63) is 0 Å². The number of fused-ring (bicyclic) bond motifs is 1. The normalized spacial score (nSPS) is 38.0. The number of piperidine rings is 1. The molecule has 2 atom stereocenters. The Bertz CT molecular complexity index is 360. The molecule has 0 spiro atoms. The third-order valence-corrected chi connectivity index (χ3v) is 3.43. The zero-order valence-corrected chi connectivity index (χ0v) is 9.02. The van der Waals surface area contributed by atoms with Crippen LogP contribution in [0.2, 0.25) is 0 Å². The van der Waals surface area contributed by atoms with Gasteiger partial charge in [0, 0.05) is 13.1 Å². The van der Waals surface area contributed by atoms with E-state index in [-0.39, 0.29) is 12.2 Å². The van der Waals surface area contributed by atoms with Crippen molar-refractivity contribution in [1.29, 1.82) is 0 Å². The summed E-state index contributed by atoms with van der Waals surface area (Å²) in [6.07, 6.45) is 6.66. The van der Waals surface area contributed by atoms with E-state index in [0.29, 0.717) is 0 Å². The number of rotatable bonds is 1. The van der Waals surface area contributed by atoms with E-state index in [4.69, 9.17) is 0 Å². The van der Waals surface area contributed by atoms with Crippen LogP contribution in [0.4, 0.5) is 4.79 Å². The monoisotopic (exact) mass is 221 g/mol. The molecule has 0 aromatic carbocycles. The number of urea groups is 1. The largest absolute Gasteiger partial charge is 0.318 e. The number of amides is 2. The van der Waals surface area contributed by atoms with Crippen molar-refractivity contribution in [1.82, 2.24) is 15.5 Å². The number of nitrogens with one attached hydrogen (secondary N) is 2. The maximum Gasteiger partial charge on any atom is 0.318 e. The lowest BCUT2D eigenvalue weighted by molar-refractivity contribution is 0.0978. The van der Waals surface area contributed by atoms with Crippen LogP contribution in [0.25, 0.3) is 0 Å². The molecule has 6 nitrogen and oxygen atoms in total. The van der Waals surface area contributed by atoms with Crippen LogP contribution in [-0.4, -0.2) is 48.4 Å². The number of likely N-dealkylation sites (tertiary alicyclic amines) is 1. The fraction of sp³-hybridized carbons (Fsp3) is 0.700. The molecule has 3 aliphatic rings. The fourth-order valence-corrected chi connectivity index (χ4v) is 2.62. The average Bonchev–Trinajstić information content (AvgIpc) is 2.67. The molecule has 3 heterocycles. The first-order chi connectivity index (χ1) is 7.81. The van der Waals surface area contributed by atoms with Crippen LogP contribution < -0.4 is 10.6 Å². The molecule has 16 heavy (non-hydrogen) atoms. The van der Waals surface area contributed by atoms with E-state index in [2.05, 4.69) is 25.5 Å². The second-order valence-electron chi connectivity index (χ2n) is 4.42. The second kappa shape index (κ2) is 3.55. The number of aliphatic imine (C=N–C) groups is 2. The summed E-state index contributed by atoms with van der Waals surface area (Å²) in [6, 6.07) is -0.166. The van der Waals surface area contributed by atoms with Gasteiger partial charge in [-0.2, -0.15) is 0 Å². The molecule has 0 radical (unpaired) electrons. The fourth-order valence-electron chi connectivity index (χ4n) is 2.62. The Morgan fingerprint density at radius 1 is 1.38 bits per heavy atom. The third-order valence-electron chi connectivity index (χ3n) is 3.43. The van der Waals surface area contributed by atoms with E-state index in [1.54, 1.807) is 6.21 Å². The van der Waals surface area contributed by atoms with Gasteiger partial charge in [-0.15, -0.1) is 0 Å². The first-order valence-electron chi connectivity index (χ1n) is 5.71. The maximum atomic E-state index is 11.5. The van der Waals surface area contributed by atoms with Gasteiger partial charge in [0.2, 0.25) is 0 Å². The Hall–Kier alpha value is -1.43. The van der Waals surface area contributed by atoms with Gasteiger partial charge < -0.3 is 10.6 Å². The van der Waals surface area contributed by atoms with E-state index in [9.17, 15) is 4.79 Å². The Morgan fingerprint density at radius 3 is 3.00 bits per heavy atom. The minimum atomic E-state index is -0.535. The van der Waals surface area contributed by atoms with Crippen molar-refractivity contribution in [2.75, 3.05) is 13.1 Å². The van der Waals surface area contributed by atoms with Crippen LogP contribution in [0.1, 0.15) is 19.3 Å². The van der Waals surface area contributed by atoms with E-state index >= 15 is 0 Å². The zero-order valence-electron chi connectivity index (χ0n) is 9.02. The van der Waals surface area contributed by atoms with Crippen LogP contribution >= 0.6 is 0 Å². The number of nitrogens with zero attached hydrogens (tertiary/aromatic N) is 3. The van der Waals surface area contributed by atoms with Crippen molar-refractivity contribution in [2.24, 2.45) is 9.98 Å². The molecular weight excluding hydrogens is 206 g/mol. The summed E-state index contributed by atoms with van der Waals surface area (Å²) in [5.74, 6) is 0. The SMILES string of the molecule is O=C1NC2N=CN=CC2(N2CCCCC2)N1. The highest BCUT2D eigenvalue weighted by Crippen LogP contribution is 2.26. The van der Waals surface area contributed by atoms with Gasteiger partial charge in [-0.1, -0.05) is 6.42 Å². The van der Waals surface area contributed by atoms with Gasteiger partial charge in [-0.25, -0.2) is 14.8 Å². The molecule has 0 bridgehead atoms. The molecule has 2 fully saturated rings. The average molecular weight is 221 g/mol. The van der Waals surface area contributed by atoms with Gasteiger partial charge in [-0.3, -0.25) is 4.90 Å². The van der Waals surface area contributed by atoms with E-state index in [1.807, 2.05) is 0 Å². The summed E-state index contributed by atoms with van der Waals surface area (Å²) >= 11 is 0. The smallest absolute Gasteiger partial charge is 0.312 e. The Labute approximate surface area is 93.8 Å². The van der Waals surface area contributed by atoms with E-state index in [1.165, 1.54) is 25.6 Å². The lowest BCUT2D eigenvalue weighted by atomic mass is 10.0. The summed E-state index contributed by atoms with van der Waals surface area (Å²) in [7, 11) is 0. The van der Waals surface area contributed by atoms with E-state index < -0.39 is 5.66 Å². The van der Waals surface area contributed by atoms with Crippen LogP contribution in [0.15, 0.2) is 9.98 Å².